The molecule has 2 aromatic heterocycles. The SMILES string of the molecule is COc1ccc(-c2cc(-c3ccccc3)nc3sc(C(=O)Nc4cc(OC)ccc4OC)c(N)c23)cc1. The van der Waals surface area contributed by atoms with Crippen LogP contribution in [-0.2, 0) is 0 Å². The summed E-state index contributed by atoms with van der Waals surface area (Å²) in [4.78, 5) is 19.4. The van der Waals surface area contributed by atoms with Crippen LogP contribution in [0.5, 0.6) is 17.2 Å². The maximum atomic E-state index is 13.4. The summed E-state index contributed by atoms with van der Waals surface area (Å²) >= 11 is 1.26. The Morgan fingerprint density at radius 3 is 2.22 bits per heavy atom. The summed E-state index contributed by atoms with van der Waals surface area (Å²) in [5.74, 6) is 1.51. The lowest BCUT2D eigenvalue weighted by molar-refractivity contribution is 0.103. The van der Waals surface area contributed by atoms with Crippen molar-refractivity contribution >= 4 is 38.8 Å². The standard InChI is InChI=1S/C29H25N3O4S/c1-34-19-11-9-17(10-12-19)21-16-22(18-7-5-4-6-8-18)32-29-25(21)26(30)27(37-29)28(33)31-23-15-20(35-2)13-14-24(23)36-3/h4-16H,30H2,1-3H3,(H,31,33). The van der Waals surface area contributed by atoms with Gasteiger partial charge in [0.15, 0.2) is 0 Å². The average Bonchev–Trinajstić information content (AvgIpc) is 3.29. The summed E-state index contributed by atoms with van der Waals surface area (Å²) in [5.41, 5.74) is 11.1. The maximum Gasteiger partial charge on any atom is 0.268 e. The Morgan fingerprint density at radius 2 is 1.54 bits per heavy atom. The third-order valence-electron chi connectivity index (χ3n) is 6.03. The third kappa shape index (κ3) is 4.66. The van der Waals surface area contributed by atoms with Crippen LogP contribution in [0.1, 0.15) is 9.67 Å². The predicted octanol–water partition coefficient (Wildman–Crippen LogP) is 6.49. The van der Waals surface area contributed by atoms with E-state index in [0.717, 1.165) is 33.5 Å². The summed E-state index contributed by atoms with van der Waals surface area (Å²) in [6.45, 7) is 0. The number of rotatable bonds is 7. The number of pyridine rings is 1. The fraction of sp³-hybridized carbons (Fsp3) is 0.103. The van der Waals surface area contributed by atoms with E-state index in [-0.39, 0.29) is 5.91 Å². The Balaban J connectivity index is 1.64. The highest BCUT2D eigenvalue weighted by Crippen LogP contribution is 2.42. The van der Waals surface area contributed by atoms with Gasteiger partial charge in [-0.2, -0.15) is 0 Å². The molecule has 0 saturated carbocycles. The van der Waals surface area contributed by atoms with E-state index >= 15 is 0 Å². The Kier molecular flexibility index (Phi) is 6.66. The topological polar surface area (TPSA) is 95.7 Å². The van der Waals surface area contributed by atoms with E-state index in [4.69, 9.17) is 24.9 Å². The summed E-state index contributed by atoms with van der Waals surface area (Å²) in [6.07, 6.45) is 0. The van der Waals surface area contributed by atoms with E-state index in [1.165, 1.54) is 11.3 Å². The van der Waals surface area contributed by atoms with Crippen molar-refractivity contribution in [2.75, 3.05) is 32.4 Å². The lowest BCUT2D eigenvalue weighted by atomic mass is 9.99. The van der Waals surface area contributed by atoms with Crippen molar-refractivity contribution in [3.05, 3.63) is 83.7 Å². The van der Waals surface area contributed by atoms with E-state index < -0.39 is 0 Å². The lowest BCUT2D eigenvalue weighted by Crippen LogP contribution is -2.13. The number of thiophene rings is 1. The molecule has 0 unspecified atom stereocenters. The largest absolute Gasteiger partial charge is 0.497 e. The highest BCUT2D eigenvalue weighted by atomic mass is 32.1. The molecule has 3 aromatic carbocycles. The number of carbonyl (C=O) groups is 1. The molecule has 0 atom stereocenters. The number of nitrogen functional groups attached to an aromatic ring is 1. The van der Waals surface area contributed by atoms with Gasteiger partial charge in [0.1, 0.15) is 27.0 Å². The molecule has 0 radical (unpaired) electrons. The molecule has 0 aliphatic carbocycles. The van der Waals surface area contributed by atoms with Crippen molar-refractivity contribution in [1.82, 2.24) is 4.98 Å². The van der Waals surface area contributed by atoms with Gasteiger partial charge in [-0.05, 0) is 41.5 Å². The number of hydrogen-bond acceptors (Lipinski definition) is 7. The predicted molar refractivity (Wildman–Crippen MR) is 149 cm³/mol. The minimum absolute atomic E-state index is 0.353. The number of ether oxygens (including phenoxy) is 3. The number of amides is 1. The van der Waals surface area contributed by atoms with Gasteiger partial charge >= 0.3 is 0 Å². The van der Waals surface area contributed by atoms with Gasteiger partial charge in [0, 0.05) is 17.0 Å². The Labute approximate surface area is 218 Å². The van der Waals surface area contributed by atoms with E-state index in [9.17, 15) is 4.79 Å². The van der Waals surface area contributed by atoms with Gasteiger partial charge in [0.2, 0.25) is 0 Å². The second kappa shape index (κ2) is 10.2. The van der Waals surface area contributed by atoms with E-state index in [1.54, 1.807) is 39.5 Å². The van der Waals surface area contributed by atoms with Crippen LogP contribution in [0.4, 0.5) is 11.4 Å². The van der Waals surface area contributed by atoms with Crippen molar-refractivity contribution in [3.63, 3.8) is 0 Å². The molecule has 7 nitrogen and oxygen atoms in total. The van der Waals surface area contributed by atoms with Crippen molar-refractivity contribution in [2.24, 2.45) is 0 Å². The van der Waals surface area contributed by atoms with Gasteiger partial charge in [-0.25, -0.2) is 4.98 Å². The first-order valence-corrected chi connectivity index (χ1v) is 12.3. The Bertz CT molecular complexity index is 1580. The van der Waals surface area contributed by atoms with Crippen LogP contribution in [0.2, 0.25) is 0 Å². The number of nitrogens with one attached hydrogen (secondary N) is 1. The summed E-state index contributed by atoms with van der Waals surface area (Å²) in [6, 6.07) is 24.9. The highest BCUT2D eigenvalue weighted by Gasteiger charge is 2.23. The second-order valence-corrected chi connectivity index (χ2v) is 9.19. The molecule has 5 rings (SSSR count). The molecule has 0 spiro atoms. The van der Waals surface area contributed by atoms with E-state index in [1.807, 2.05) is 60.7 Å². The number of carbonyl (C=O) groups excluding carboxylic acids is 1. The van der Waals surface area contributed by atoms with Crippen LogP contribution >= 0.6 is 11.3 Å². The molecule has 0 bridgehead atoms. The number of nitrogens with zero attached hydrogens (tertiary/aromatic N) is 1. The summed E-state index contributed by atoms with van der Waals surface area (Å²) in [5, 5.41) is 3.65. The van der Waals surface area contributed by atoms with Crippen molar-refractivity contribution in [2.45, 2.75) is 0 Å². The molecular weight excluding hydrogens is 486 g/mol. The molecule has 5 aromatic rings. The number of aromatic nitrogens is 1. The number of methoxy groups -OCH3 is 3. The van der Waals surface area contributed by atoms with Gasteiger partial charge in [-0.15, -0.1) is 11.3 Å². The number of hydrogen-bond donors (Lipinski definition) is 2. The number of fused-ring (bicyclic) bond motifs is 1. The quantitative estimate of drug-likeness (QED) is 0.259. The smallest absolute Gasteiger partial charge is 0.268 e. The molecule has 0 aliphatic heterocycles. The van der Waals surface area contributed by atoms with Gasteiger partial charge in [0.25, 0.3) is 5.91 Å². The lowest BCUT2D eigenvalue weighted by Gasteiger charge is -2.11. The molecule has 37 heavy (non-hydrogen) atoms. The average molecular weight is 512 g/mol. The summed E-state index contributed by atoms with van der Waals surface area (Å²) in [7, 11) is 4.74. The minimum Gasteiger partial charge on any atom is -0.497 e. The molecule has 0 fully saturated rings. The zero-order valence-corrected chi connectivity index (χ0v) is 21.4. The van der Waals surface area contributed by atoms with E-state index in [2.05, 4.69) is 5.32 Å². The highest BCUT2D eigenvalue weighted by molar-refractivity contribution is 7.21. The van der Waals surface area contributed by atoms with Crippen LogP contribution in [0, 0.1) is 0 Å². The Hall–Kier alpha value is -4.56. The monoisotopic (exact) mass is 511 g/mol. The van der Waals surface area contributed by atoms with Crippen molar-refractivity contribution in [3.8, 4) is 39.6 Å². The fourth-order valence-electron chi connectivity index (χ4n) is 4.14. The first-order chi connectivity index (χ1) is 18.0. The molecule has 1 amide bonds. The number of anilines is 2. The van der Waals surface area contributed by atoms with Crippen molar-refractivity contribution in [1.29, 1.82) is 0 Å². The molecule has 8 heteroatoms. The van der Waals surface area contributed by atoms with Gasteiger partial charge in [-0.3, -0.25) is 4.79 Å². The second-order valence-electron chi connectivity index (χ2n) is 8.19. The zero-order valence-electron chi connectivity index (χ0n) is 20.6. The molecule has 3 N–H and O–H groups in total. The van der Waals surface area contributed by atoms with Gasteiger partial charge in [-0.1, -0.05) is 42.5 Å². The van der Waals surface area contributed by atoms with Crippen LogP contribution < -0.4 is 25.3 Å². The van der Waals surface area contributed by atoms with Gasteiger partial charge < -0.3 is 25.3 Å². The normalized spacial score (nSPS) is 10.8. The maximum absolute atomic E-state index is 13.4. The summed E-state index contributed by atoms with van der Waals surface area (Å²) < 4.78 is 16.0. The Morgan fingerprint density at radius 1 is 0.838 bits per heavy atom. The molecule has 0 saturated heterocycles. The van der Waals surface area contributed by atoms with Crippen LogP contribution in [0.25, 0.3) is 32.6 Å². The minimum atomic E-state index is -0.353. The number of nitrogens with two attached hydrogens (primary N) is 1. The van der Waals surface area contributed by atoms with E-state index in [0.29, 0.717) is 32.6 Å². The van der Waals surface area contributed by atoms with Crippen LogP contribution in [0.3, 0.4) is 0 Å². The number of benzene rings is 3. The third-order valence-corrected chi connectivity index (χ3v) is 7.13. The van der Waals surface area contributed by atoms with Gasteiger partial charge in [0.05, 0.1) is 38.4 Å². The fourth-order valence-corrected chi connectivity index (χ4v) is 5.15. The molecular formula is C29H25N3O4S. The zero-order chi connectivity index (χ0) is 25.9. The van der Waals surface area contributed by atoms with Crippen LogP contribution in [-0.4, -0.2) is 32.2 Å². The molecule has 0 aliphatic rings. The van der Waals surface area contributed by atoms with Crippen molar-refractivity contribution < 1.29 is 19.0 Å². The first kappa shape index (κ1) is 24.1. The molecule has 2 heterocycles. The molecule has 186 valence electrons. The van der Waals surface area contributed by atoms with Crippen LogP contribution in [0.15, 0.2) is 78.9 Å². The first-order valence-electron chi connectivity index (χ1n) is 11.5.